The van der Waals surface area contributed by atoms with Gasteiger partial charge in [-0.15, -0.1) is 0 Å². The highest BCUT2D eigenvalue weighted by Gasteiger charge is 2.30. The van der Waals surface area contributed by atoms with Crippen molar-refractivity contribution in [2.45, 2.75) is 36.7 Å². The van der Waals surface area contributed by atoms with Crippen molar-refractivity contribution in [1.29, 1.82) is 0 Å². The first-order chi connectivity index (χ1) is 9.99. The van der Waals surface area contributed by atoms with Crippen molar-refractivity contribution in [2.75, 3.05) is 20.8 Å². The van der Waals surface area contributed by atoms with Gasteiger partial charge in [0.2, 0.25) is 10.0 Å². The van der Waals surface area contributed by atoms with Gasteiger partial charge in [-0.1, -0.05) is 6.07 Å². The molecule has 1 heterocycles. The lowest BCUT2D eigenvalue weighted by Gasteiger charge is -2.30. The van der Waals surface area contributed by atoms with Gasteiger partial charge in [0, 0.05) is 12.1 Å². The third-order valence-corrected chi connectivity index (χ3v) is 5.27. The molecule has 21 heavy (non-hydrogen) atoms. The molecule has 7 heteroatoms. The Bertz CT molecular complexity index is 566. The summed E-state index contributed by atoms with van der Waals surface area (Å²) in [5, 5.41) is 3.27. The molecule has 1 aromatic carbocycles. The van der Waals surface area contributed by atoms with Crippen LogP contribution in [0.25, 0.3) is 0 Å². The zero-order chi connectivity index (χ0) is 15.5. The molecular formula is C14H22N2O4S. The molecule has 0 radical (unpaired) electrons. The van der Waals surface area contributed by atoms with Crippen molar-refractivity contribution in [2.24, 2.45) is 0 Å². The Morgan fingerprint density at radius 2 is 1.86 bits per heavy atom. The average molecular weight is 314 g/mol. The van der Waals surface area contributed by atoms with Crippen molar-refractivity contribution >= 4 is 10.0 Å². The second kappa shape index (κ2) is 6.64. The molecule has 2 N–H and O–H groups in total. The molecule has 0 aromatic heterocycles. The third-order valence-electron chi connectivity index (χ3n) is 3.72. The van der Waals surface area contributed by atoms with E-state index >= 15 is 0 Å². The zero-order valence-electron chi connectivity index (χ0n) is 12.5. The number of hydrogen-bond acceptors (Lipinski definition) is 5. The van der Waals surface area contributed by atoms with Crippen molar-refractivity contribution in [3.63, 3.8) is 0 Å². The maximum atomic E-state index is 12.7. The molecule has 2 atom stereocenters. The predicted octanol–water partition coefficient (Wildman–Crippen LogP) is 1.12. The summed E-state index contributed by atoms with van der Waals surface area (Å²) in [5.74, 6) is 0.552. The summed E-state index contributed by atoms with van der Waals surface area (Å²) < 4.78 is 38.5. The Balaban J connectivity index is 2.35. The van der Waals surface area contributed by atoms with E-state index < -0.39 is 10.0 Å². The highest BCUT2D eigenvalue weighted by Crippen LogP contribution is 2.33. The number of rotatable bonds is 5. The number of nitrogens with one attached hydrogen (secondary N) is 2. The molecule has 0 amide bonds. The van der Waals surface area contributed by atoms with Crippen LogP contribution >= 0.6 is 0 Å². The van der Waals surface area contributed by atoms with Crippen LogP contribution in [-0.4, -0.2) is 41.3 Å². The van der Waals surface area contributed by atoms with E-state index in [1.54, 1.807) is 18.2 Å². The Morgan fingerprint density at radius 1 is 1.24 bits per heavy atom. The van der Waals surface area contributed by atoms with Gasteiger partial charge in [0.05, 0.1) is 14.2 Å². The van der Waals surface area contributed by atoms with E-state index in [-0.39, 0.29) is 28.5 Å². The Labute approximate surface area is 125 Å². The summed E-state index contributed by atoms with van der Waals surface area (Å²) in [5.41, 5.74) is 0. The second-order valence-corrected chi connectivity index (χ2v) is 6.76. The number of sulfonamides is 1. The van der Waals surface area contributed by atoms with Crippen LogP contribution in [0.4, 0.5) is 0 Å². The molecule has 118 valence electrons. The number of benzene rings is 1. The lowest BCUT2D eigenvalue weighted by Crippen LogP contribution is -2.51. The van der Waals surface area contributed by atoms with Gasteiger partial charge in [0.15, 0.2) is 4.90 Å². The van der Waals surface area contributed by atoms with E-state index in [0.717, 1.165) is 19.4 Å². The lowest BCUT2D eigenvalue weighted by molar-refractivity contribution is 0.345. The summed E-state index contributed by atoms with van der Waals surface area (Å²) in [7, 11) is -0.832. The highest BCUT2D eigenvalue weighted by atomic mass is 32.2. The largest absolute Gasteiger partial charge is 0.495 e. The van der Waals surface area contributed by atoms with Crippen LogP contribution in [-0.2, 0) is 10.0 Å². The van der Waals surface area contributed by atoms with E-state index in [4.69, 9.17) is 9.47 Å². The summed E-state index contributed by atoms with van der Waals surface area (Å²) >= 11 is 0. The summed E-state index contributed by atoms with van der Waals surface area (Å²) in [6, 6.07) is 4.87. The molecule has 1 aliphatic rings. The molecule has 0 spiro atoms. The van der Waals surface area contributed by atoms with Crippen LogP contribution in [0.1, 0.15) is 19.8 Å². The molecule has 0 aliphatic carbocycles. The number of ether oxygens (including phenoxy) is 2. The third kappa shape index (κ3) is 3.48. The standard InChI is InChI=1S/C14H22N2O4S/c1-10-11(6-5-9-15-10)16-21(17,18)14-12(19-2)7-4-8-13(14)20-3/h4,7-8,10-11,15-16H,5-6,9H2,1-3H3. The van der Waals surface area contributed by atoms with Gasteiger partial charge in [-0.2, -0.15) is 0 Å². The lowest BCUT2D eigenvalue weighted by atomic mass is 10.0. The smallest absolute Gasteiger partial charge is 0.248 e. The monoisotopic (exact) mass is 314 g/mol. The van der Waals surface area contributed by atoms with Gasteiger partial charge in [-0.05, 0) is 38.4 Å². The zero-order valence-corrected chi connectivity index (χ0v) is 13.4. The molecule has 2 unspecified atom stereocenters. The molecule has 0 saturated carbocycles. The molecule has 0 bridgehead atoms. The topological polar surface area (TPSA) is 76.7 Å². The highest BCUT2D eigenvalue weighted by molar-refractivity contribution is 7.89. The van der Waals surface area contributed by atoms with Gasteiger partial charge in [-0.25, -0.2) is 13.1 Å². The van der Waals surface area contributed by atoms with Gasteiger partial charge in [0.25, 0.3) is 0 Å². The average Bonchev–Trinajstić information content (AvgIpc) is 2.48. The van der Waals surface area contributed by atoms with Crippen LogP contribution in [0, 0.1) is 0 Å². The van der Waals surface area contributed by atoms with E-state index in [0.29, 0.717) is 0 Å². The van der Waals surface area contributed by atoms with Gasteiger partial charge in [-0.3, -0.25) is 0 Å². The SMILES string of the molecule is COc1cccc(OC)c1S(=O)(=O)NC1CCCNC1C. The minimum absolute atomic E-state index is 0.0489. The number of piperidine rings is 1. The second-order valence-electron chi connectivity index (χ2n) is 5.10. The number of methoxy groups -OCH3 is 2. The van der Waals surface area contributed by atoms with Gasteiger partial charge in [0.1, 0.15) is 11.5 Å². The predicted molar refractivity (Wildman–Crippen MR) is 80.4 cm³/mol. The van der Waals surface area contributed by atoms with E-state index in [1.165, 1.54) is 14.2 Å². The first kappa shape index (κ1) is 16.1. The van der Waals surface area contributed by atoms with Crippen molar-refractivity contribution < 1.29 is 17.9 Å². The Morgan fingerprint density at radius 3 is 2.38 bits per heavy atom. The van der Waals surface area contributed by atoms with E-state index in [1.807, 2.05) is 6.92 Å². The van der Waals surface area contributed by atoms with Crippen LogP contribution < -0.4 is 19.5 Å². The molecule has 1 aliphatic heterocycles. The van der Waals surface area contributed by atoms with Crippen molar-refractivity contribution in [3.05, 3.63) is 18.2 Å². The van der Waals surface area contributed by atoms with E-state index in [2.05, 4.69) is 10.0 Å². The Hall–Kier alpha value is -1.31. The fraction of sp³-hybridized carbons (Fsp3) is 0.571. The van der Waals surface area contributed by atoms with E-state index in [9.17, 15) is 8.42 Å². The Kier molecular flexibility index (Phi) is 5.08. The summed E-state index contributed by atoms with van der Waals surface area (Å²) in [4.78, 5) is 0.0489. The fourth-order valence-corrected chi connectivity index (χ4v) is 4.22. The van der Waals surface area contributed by atoms with Crippen molar-refractivity contribution in [1.82, 2.24) is 10.0 Å². The first-order valence-electron chi connectivity index (χ1n) is 6.96. The molecule has 2 rings (SSSR count). The van der Waals surface area contributed by atoms with Gasteiger partial charge >= 0.3 is 0 Å². The maximum Gasteiger partial charge on any atom is 0.248 e. The summed E-state index contributed by atoms with van der Waals surface area (Å²) in [6.07, 6.45) is 1.76. The summed E-state index contributed by atoms with van der Waals surface area (Å²) in [6.45, 7) is 2.89. The quantitative estimate of drug-likeness (QED) is 0.852. The van der Waals surface area contributed by atoms with Gasteiger partial charge < -0.3 is 14.8 Å². The maximum absolute atomic E-state index is 12.7. The fourth-order valence-electron chi connectivity index (χ4n) is 2.55. The van der Waals surface area contributed by atoms with Crippen LogP contribution in [0.15, 0.2) is 23.1 Å². The van der Waals surface area contributed by atoms with Crippen molar-refractivity contribution in [3.8, 4) is 11.5 Å². The molecular weight excluding hydrogens is 292 g/mol. The molecule has 1 saturated heterocycles. The molecule has 1 aromatic rings. The number of hydrogen-bond donors (Lipinski definition) is 2. The minimum Gasteiger partial charge on any atom is -0.495 e. The normalized spacial score (nSPS) is 22.8. The molecule has 1 fully saturated rings. The van der Waals surface area contributed by atoms with Crippen LogP contribution in [0.2, 0.25) is 0 Å². The molecule has 6 nitrogen and oxygen atoms in total. The minimum atomic E-state index is -3.72. The first-order valence-corrected chi connectivity index (χ1v) is 8.44. The van der Waals surface area contributed by atoms with Crippen LogP contribution in [0.5, 0.6) is 11.5 Å². The van der Waals surface area contributed by atoms with Crippen LogP contribution in [0.3, 0.4) is 0 Å².